The number of hydrogen-bond acceptors (Lipinski definition) is 3. The molecule has 3 rings (SSSR count). The Morgan fingerprint density at radius 3 is 2.41 bits per heavy atom. The van der Waals surface area contributed by atoms with Gasteiger partial charge in [0.1, 0.15) is 11.8 Å². The second kappa shape index (κ2) is 8.25. The van der Waals surface area contributed by atoms with Crippen molar-refractivity contribution in [2.24, 2.45) is 5.92 Å². The first kappa shape index (κ1) is 19.0. The SMILES string of the molecule is COc1ccccc1C(=O)N[C@@H](C(=O)N1CCc2ccccc2C1)C(C)C. The van der Waals surface area contributed by atoms with Gasteiger partial charge in [-0.1, -0.05) is 50.2 Å². The van der Waals surface area contributed by atoms with Crippen LogP contribution >= 0.6 is 0 Å². The van der Waals surface area contributed by atoms with E-state index in [1.54, 1.807) is 18.2 Å². The van der Waals surface area contributed by atoms with Crippen molar-refractivity contribution < 1.29 is 14.3 Å². The van der Waals surface area contributed by atoms with Gasteiger partial charge in [0, 0.05) is 13.1 Å². The topological polar surface area (TPSA) is 58.6 Å². The molecule has 1 aliphatic heterocycles. The Kier molecular flexibility index (Phi) is 5.79. The molecule has 0 spiro atoms. The molecule has 27 heavy (non-hydrogen) atoms. The molecule has 0 unspecified atom stereocenters. The maximum absolute atomic E-state index is 13.2. The molecule has 0 fully saturated rings. The predicted molar refractivity (Wildman–Crippen MR) is 105 cm³/mol. The number of hydrogen-bond donors (Lipinski definition) is 1. The van der Waals surface area contributed by atoms with E-state index in [4.69, 9.17) is 4.74 Å². The normalized spacial score (nSPS) is 14.4. The molecule has 2 amide bonds. The third-order valence-corrected chi connectivity index (χ3v) is 5.01. The maximum atomic E-state index is 13.2. The van der Waals surface area contributed by atoms with Crippen LogP contribution in [0.2, 0.25) is 0 Å². The van der Waals surface area contributed by atoms with Crippen molar-refractivity contribution in [3.8, 4) is 5.75 Å². The number of nitrogens with one attached hydrogen (secondary N) is 1. The molecule has 0 saturated heterocycles. The molecule has 0 aromatic heterocycles. The molecule has 1 heterocycles. The maximum Gasteiger partial charge on any atom is 0.255 e. The number of benzene rings is 2. The highest BCUT2D eigenvalue weighted by Gasteiger charge is 2.31. The first-order chi connectivity index (χ1) is 13.0. The summed E-state index contributed by atoms with van der Waals surface area (Å²) in [5.74, 6) is 0.143. The first-order valence-electron chi connectivity index (χ1n) is 9.30. The van der Waals surface area contributed by atoms with Crippen molar-refractivity contribution in [1.82, 2.24) is 10.2 Å². The Morgan fingerprint density at radius 2 is 1.70 bits per heavy atom. The lowest BCUT2D eigenvalue weighted by molar-refractivity contribution is -0.135. The van der Waals surface area contributed by atoms with Gasteiger partial charge in [0.15, 0.2) is 0 Å². The molecule has 1 atom stereocenters. The minimum absolute atomic E-state index is 0.0201. The van der Waals surface area contributed by atoms with Gasteiger partial charge >= 0.3 is 0 Å². The fraction of sp³-hybridized carbons (Fsp3) is 0.364. The molecule has 5 heteroatoms. The minimum Gasteiger partial charge on any atom is -0.496 e. The number of methoxy groups -OCH3 is 1. The van der Waals surface area contributed by atoms with Crippen molar-refractivity contribution in [2.45, 2.75) is 32.9 Å². The Balaban J connectivity index is 1.76. The van der Waals surface area contributed by atoms with Crippen molar-refractivity contribution in [3.05, 3.63) is 65.2 Å². The molecule has 5 nitrogen and oxygen atoms in total. The highest BCUT2D eigenvalue weighted by Crippen LogP contribution is 2.21. The zero-order chi connectivity index (χ0) is 19.4. The second-order valence-corrected chi connectivity index (χ2v) is 7.17. The molecule has 2 aromatic carbocycles. The first-order valence-corrected chi connectivity index (χ1v) is 9.30. The summed E-state index contributed by atoms with van der Waals surface area (Å²) in [5.41, 5.74) is 2.90. The average Bonchev–Trinajstić information content (AvgIpc) is 2.70. The van der Waals surface area contributed by atoms with E-state index in [1.165, 1.54) is 18.2 Å². The summed E-state index contributed by atoms with van der Waals surface area (Å²) in [6.07, 6.45) is 0.840. The quantitative estimate of drug-likeness (QED) is 0.885. The van der Waals surface area contributed by atoms with Gasteiger partial charge in [-0.15, -0.1) is 0 Å². The standard InChI is InChI=1S/C22H26N2O3/c1-15(2)20(23-21(25)18-10-6-7-11-19(18)27-3)22(26)24-13-12-16-8-4-5-9-17(16)14-24/h4-11,15,20H,12-14H2,1-3H3,(H,23,25)/t20-/m1/s1. The molecule has 0 radical (unpaired) electrons. The zero-order valence-electron chi connectivity index (χ0n) is 16.1. The van der Waals surface area contributed by atoms with E-state index in [0.29, 0.717) is 24.4 Å². The average molecular weight is 366 g/mol. The van der Waals surface area contributed by atoms with Gasteiger partial charge < -0.3 is 15.0 Å². The van der Waals surface area contributed by atoms with Gasteiger partial charge in [-0.2, -0.15) is 0 Å². The summed E-state index contributed by atoms with van der Waals surface area (Å²) in [6.45, 7) is 5.15. The van der Waals surface area contributed by atoms with E-state index >= 15 is 0 Å². The zero-order valence-corrected chi connectivity index (χ0v) is 16.1. The van der Waals surface area contributed by atoms with Gasteiger partial charge in [0.25, 0.3) is 5.91 Å². The molecular formula is C22H26N2O3. The van der Waals surface area contributed by atoms with E-state index in [-0.39, 0.29) is 17.7 Å². The summed E-state index contributed by atoms with van der Waals surface area (Å²) in [6, 6.07) is 14.7. The van der Waals surface area contributed by atoms with Crippen LogP contribution in [0.3, 0.4) is 0 Å². The van der Waals surface area contributed by atoms with E-state index in [9.17, 15) is 9.59 Å². The lowest BCUT2D eigenvalue weighted by Gasteiger charge is -2.33. The number of rotatable bonds is 5. The van der Waals surface area contributed by atoms with Gasteiger partial charge in [-0.25, -0.2) is 0 Å². The number of para-hydroxylation sites is 1. The number of carbonyl (C=O) groups is 2. The van der Waals surface area contributed by atoms with Crippen molar-refractivity contribution in [2.75, 3.05) is 13.7 Å². The molecule has 0 bridgehead atoms. The molecular weight excluding hydrogens is 340 g/mol. The fourth-order valence-corrected chi connectivity index (χ4v) is 3.45. The lowest BCUT2D eigenvalue weighted by Crippen LogP contribution is -2.52. The van der Waals surface area contributed by atoms with E-state index in [0.717, 1.165) is 6.42 Å². The van der Waals surface area contributed by atoms with Gasteiger partial charge in [0.05, 0.1) is 12.7 Å². The Morgan fingerprint density at radius 1 is 1.04 bits per heavy atom. The molecule has 142 valence electrons. The Hall–Kier alpha value is -2.82. The van der Waals surface area contributed by atoms with Gasteiger partial charge in [0.2, 0.25) is 5.91 Å². The molecule has 1 N–H and O–H groups in total. The summed E-state index contributed by atoms with van der Waals surface area (Å²) in [4.78, 5) is 27.8. The van der Waals surface area contributed by atoms with Crippen LogP contribution in [-0.4, -0.2) is 36.4 Å². The minimum atomic E-state index is -0.576. The Bertz CT molecular complexity index is 832. The smallest absolute Gasteiger partial charge is 0.255 e. The third-order valence-electron chi connectivity index (χ3n) is 5.01. The van der Waals surface area contributed by atoms with E-state index < -0.39 is 6.04 Å². The third kappa shape index (κ3) is 4.13. The van der Waals surface area contributed by atoms with Crippen molar-refractivity contribution in [3.63, 3.8) is 0 Å². The van der Waals surface area contributed by atoms with Crippen LogP contribution in [0.1, 0.15) is 35.3 Å². The summed E-state index contributed by atoms with van der Waals surface area (Å²) >= 11 is 0. The van der Waals surface area contributed by atoms with Gasteiger partial charge in [-0.05, 0) is 35.6 Å². The highest BCUT2D eigenvalue weighted by atomic mass is 16.5. The second-order valence-electron chi connectivity index (χ2n) is 7.17. The van der Waals surface area contributed by atoms with Crippen LogP contribution < -0.4 is 10.1 Å². The lowest BCUT2D eigenvalue weighted by atomic mass is 9.97. The van der Waals surface area contributed by atoms with Crippen LogP contribution in [-0.2, 0) is 17.8 Å². The molecule has 2 aromatic rings. The number of ether oxygens (including phenoxy) is 1. The molecule has 0 aliphatic carbocycles. The number of carbonyl (C=O) groups excluding carboxylic acids is 2. The molecule has 1 aliphatic rings. The predicted octanol–water partition coefficient (Wildman–Crippen LogP) is 3.03. The fourth-order valence-electron chi connectivity index (χ4n) is 3.45. The summed E-state index contributed by atoms with van der Waals surface area (Å²) < 4.78 is 5.27. The van der Waals surface area contributed by atoms with Crippen LogP contribution in [0.15, 0.2) is 48.5 Å². The van der Waals surface area contributed by atoms with Crippen LogP contribution in [0.5, 0.6) is 5.75 Å². The largest absolute Gasteiger partial charge is 0.496 e. The highest BCUT2D eigenvalue weighted by molar-refractivity contribution is 5.99. The summed E-state index contributed by atoms with van der Waals surface area (Å²) in [7, 11) is 1.53. The Labute approximate surface area is 160 Å². The van der Waals surface area contributed by atoms with Crippen LogP contribution in [0.25, 0.3) is 0 Å². The summed E-state index contributed by atoms with van der Waals surface area (Å²) in [5, 5.41) is 2.92. The van der Waals surface area contributed by atoms with Crippen LogP contribution in [0.4, 0.5) is 0 Å². The monoisotopic (exact) mass is 366 g/mol. The van der Waals surface area contributed by atoms with Crippen LogP contribution in [0, 0.1) is 5.92 Å². The van der Waals surface area contributed by atoms with Crippen molar-refractivity contribution >= 4 is 11.8 Å². The van der Waals surface area contributed by atoms with E-state index in [2.05, 4.69) is 17.4 Å². The van der Waals surface area contributed by atoms with Gasteiger partial charge in [-0.3, -0.25) is 9.59 Å². The number of fused-ring (bicyclic) bond motifs is 1. The van der Waals surface area contributed by atoms with Crippen molar-refractivity contribution in [1.29, 1.82) is 0 Å². The molecule has 0 saturated carbocycles. The number of amides is 2. The number of nitrogens with zero attached hydrogens (tertiary/aromatic N) is 1. The van der Waals surface area contributed by atoms with E-state index in [1.807, 2.05) is 36.9 Å².